The number of carbonyl (C=O) groups excluding carboxylic acids is 1. The van der Waals surface area contributed by atoms with Gasteiger partial charge >= 0.3 is 0 Å². The zero-order chi connectivity index (χ0) is 13.4. The molecule has 6 heteroatoms. The largest absolute Gasteiger partial charge is 0.370 e. The highest BCUT2D eigenvalue weighted by Gasteiger charge is 2.06. The van der Waals surface area contributed by atoms with E-state index >= 15 is 0 Å². The summed E-state index contributed by atoms with van der Waals surface area (Å²) < 4.78 is 10.9. The first-order chi connectivity index (χ1) is 8.63. The van der Waals surface area contributed by atoms with Gasteiger partial charge in [-0.1, -0.05) is 6.07 Å². The molecule has 0 aliphatic heterocycles. The van der Waals surface area contributed by atoms with E-state index < -0.39 is 10.8 Å². The van der Waals surface area contributed by atoms with Gasteiger partial charge in [0.25, 0.3) is 5.91 Å². The van der Waals surface area contributed by atoms with Crippen LogP contribution in [0.1, 0.15) is 23.8 Å². The van der Waals surface area contributed by atoms with Crippen LogP contribution >= 0.6 is 0 Å². The molecule has 1 aromatic rings. The zero-order valence-electron chi connectivity index (χ0n) is 10.7. The van der Waals surface area contributed by atoms with Gasteiger partial charge in [-0.3, -0.25) is 9.00 Å². The van der Waals surface area contributed by atoms with Crippen LogP contribution in [0.25, 0.3) is 0 Å². The van der Waals surface area contributed by atoms with E-state index in [9.17, 15) is 9.00 Å². The summed E-state index contributed by atoms with van der Waals surface area (Å²) >= 11 is 0. The second-order valence-electron chi connectivity index (χ2n) is 3.83. The molecule has 0 aliphatic rings. The van der Waals surface area contributed by atoms with Crippen LogP contribution in [0.3, 0.4) is 0 Å². The molecule has 0 bridgehead atoms. The quantitative estimate of drug-likeness (QED) is 0.725. The summed E-state index contributed by atoms with van der Waals surface area (Å²) in [5, 5.41) is 5.81. The lowest BCUT2D eigenvalue weighted by Crippen LogP contribution is -2.26. The minimum Gasteiger partial charge on any atom is -0.370 e. The van der Waals surface area contributed by atoms with Crippen molar-refractivity contribution in [2.45, 2.75) is 13.3 Å². The van der Waals surface area contributed by atoms with Gasteiger partial charge in [-0.15, -0.1) is 0 Å². The number of nitrogens with one attached hydrogen (secondary N) is 2. The molecule has 1 aromatic heterocycles. The Bertz CT molecular complexity index is 424. The van der Waals surface area contributed by atoms with Gasteiger partial charge in [-0.05, 0) is 25.5 Å². The van der Waals surface area contributed by atoms with E-state index in [1.807, 2.05) is 13.0 Å². The highest BCUT2D eigenvalue weighted by Crippen LogP contribution is 2.04. The van der Waals surface area contributed by atoms with Crippen LogP contribution in [0, 0.1) is 0 Å². The fourth-order valence-electron chi connectivity index (χ4n) is 1.41. The third-order valence-electron chi connectivity index (χ3n) is 2.23. The second kappa shape index (κ2) is 7.81. The standard InChI is InChI=1S/C12H19N3O2S/c1-3-13-11-7-4-6-10(15-11)12(16)14-8-5-9-18(2)17/h4,6-7H,3,5,8-9H2,1-2H3,(H,13,15)(H,14,16). The number of anilines is 1. The molecule has 0 saturated carbocycles. The van der Waals surface area contributed by atoms with Crippen molar-refractivity contribution in [3.8, 4) is 0 Å². The fourth-order valence-corrected chi connectivity index (χ4v) is 1.96. The van der Waals surface area contributed by atoms with Crippen molar-refractivity contribution >= 4 is 22.5 Å². The summed E-state index contributed by atoms with van der Waals surface area (Å²) in [5.74, 6) is 1.10. The van der Waals surface area contributed by atoms with Crippen LogP contribution in [-0.2, 0) is 10.8 Å². The molecular weight excluding hydrogens is 250 g/mol. The third kappa shape index (κ3) is 5.27. The summed E-state index contributed by atoms with van der Waals surface area (Å²) in [6.45, 7) is 3.26. The molecule has 1 heterocycles. The smallest absolute Gasteiger partial charge is 0.269 e. The number of rotatable bonds is 7. The van der Waals surface area contributed by atoms with Crippen molar-refractivity contribution < 1.29 is 9.00 Å². The van der Waals surface area contributed by atoms with Crippen molar-refractivity contribution in [2.24, 2.45) is 0 Å². The van der Waals surface area contributed by atoms with Crippen molar-refractivity contribution in [3.63, 3.8) is 0 Å². The first-order valence-electron chi connectivity index (χ1n) is 5.92. The van der Waals surface area contributed by atoms with Crippen molar-refractivity contribution in [1.29, 1.82) is 0 Å². The lowest BCUT2D eigenvalue weighted by molar-refractivity contribution is 0.0949. The zero-order valence-corrected chi connectivity index (χ0v) is 11.5. The van der Waals surface area contributed by atoms with Crippen LogP contribution < -0.4 is 10.6 Å². The summed E-state index contributed by atoms with van der Waals surface area (Å²) in [4.78, 5) is 16.0. The Balaban J connectivity index is 2.45. The highest BCUT2D eigenvalue weighted by atomic mass is 32.2. The SMILES string of the molecule is CCNc1cccc(C(=O)NCCCS(C)=O)n1. The summed E-state index contributed by atoms with van der Waals surface area (Å²) in [7, 11) is -0.808. The van der Waals surface area contributed by atoms with E-state index in [0.717, 1.165) is 6.54 Å². The molecule has 1 amide bonds. The van der Waals surface area contributed by atoms with Crippen molar-refractivity contribution in [2.75, 3.05) is 30.4 Å². The number of amides is 1. The van der Waals surface area contributed by atoms with Crippen LogP contribution in [-0.4, -0.2) is 40.2 Å². The lowest BCUT2D eigenvalue weighted by atomic mass is 10.3. The maximum Gasteiger partial charge on any atom is 0.269 e. The Kier molecular flexibility index (Phi) is 6.35. The number of hydrogen-bond donors (Lipinski definition) is 2. The Morgan fingerprint density at radius 3 is 2.89 bits per heavy atom. The lowest BCUT2D eigenvalue weighted by Gasteiger charge is -2.06. The van der Waals surface area contributed by atoms with Crippen LogP contribution in [0.2, 0.25) is 0 Å². The molecule has 1 rings (SSSR count). The maximum atomic E-state index is 11.8. The Labute approximate surface area is 110 Å². The molecular formula is C12H19N3O2S. The Hall–Kier alpha value is -1.43. The highest BCUT2D eigenvalue weighted by molar-refractivity contribution is 7.84. The number of nitrogens with zero attached hydrogens (tertiary/aromatic N) is 1. The first-order valence-corrected chi connectivity index (χ1v) is 7.65. The minimum absolute atomic E-state index is 0.198. The number of aromatic nitrogens is 1. The van der Waals surface area contributed by atoms with E-state index in [1.54, 1.807) is 18.4 Å². The van der Waals surface area contributed by atoms with Gasteiger partial charge in [0.2, 0.25) is 0 Å². The number of pyridine rings is 1. The third-order valence-corrected chi connectivity index (χ3v) is 3.10. The summed E-state index contributed by atoms with van der Waals surface area (Å²) in [6.07, 6.45) is 2.37. The number of carbonyl (C=O) groups is 1. The van der Waals surface area contributed by atoms with Crippen molar-refractivity contribution in [3.05, 3.63) is 23.9 Å². The monoisotopic (exact) mass is 269 g/mol. The maximum absolute atomic E-state index is 11.8. The molecule has 1 atom stereocenters. The molecule has 0 radical (unpaired) electrons. The predicted octanol–water partition coefficient (Wildman–Crippen LogP) is 1.01. The van der Waals surface area contributed by atoms with Gasteiger partial charge in [0, 0.05) is 35.9 Å². The molecule has 1 unspecified atom stereocenters. The molecule has 0 aromatic carbocycles. The predicted molar refractivity (Wildman–Crippen MR) is 74.3 cm³/mol. The van der Waals surface area contributed by atoms with E-state index in [4.69, 9.17) is 0 Å². The minimum atomic E-state index is -0.808. The van der Waals surface area contributed by atoms with E-state index in [1.165, 1.54) is 0 Å². The molecule has 2 N–H and O–H groups in total. The van der Waals surface area contributed by atoms with Gasteiger partial charge in [0.15, 0.2) is 0 Å². The molecule has 0 aliphatic carbocycles. The molecule has 5 nitrogen and oxygen atoms in total. The van der Waals surface area contributed by atoms with E-state index in [0.29, 0.717) is 30.2 Å². The fraction of sp³-hybridized carbons (Fsp3) is 0.500. The molecule has 0 saturated heterocycles. The first kappa shape index (κ1) is 14.6. The van der Waals surface area contributed by atoms with E-state index in [2.05, 4.69) is 15.6 Å². The molecule has 100 valence electrons. The van der Waals surface area contributed by atoms with Gasteiger partial charge in [-0.2, -0.15) is 0 Å². The summed E-state index contributed by atoms with van der Waals surface area (Å²) in [5.41, 5.74) is 0.395. The van der Waals surface area contributed by atoms with Gasteiger partial charge < -0.3 is 10.6 Å². The number of hydrogen-bond acceptors (Lipinski definition) is 4. The summed E-state index contributed by atoms with van der Waals surface area (Å²) in [6, 6.07) is 5.29. The average Bonchev–Trinajstić information content (AvgIpc) is 2.35. The Morgan fingerprint density at radius 1 is 1.44 bits per heavy atom. The molecule has 0 spiro atoms. The topological polar surface area (TPSA) is 71.1 Å². The van der Waals surface area contributed by atoms with Gasteiger partial charge in [-0.25, -0.2) is 4.98 Å². The second-order valence-corrected chi connectivity index (χ2v) is 5.38. The Morgan fingerprint density at radius 2 is 2.22 bits per heavy atom. The van der Waals surface area contributed by atoms with Crippen molar-refractivity contribution in [1.82, 2.24) is 10.3 Å². The average molecular weight is 269 g/mol. The molecule has 0 fully saturated rings. The van der Waals surface area contributed by atoms with Gasteiger partial charge in [0.05, 0.1) is 0 Å². The molecule has 18 heavy (non-hydrogen) atoms. The van der Waals surface area contributed by atoms with Crippen LogP contribution in [0.5, 0.6) is 0 Å². The normalized spacial score (nSPS) is 11.9. The van der Waals surface area contributed by atoms with Crippen LogP contribution in [0.15, 0.2) is 18.2 Å². The van der Waals surface area contributed by atoms with Gasteiger partial charge in [0.1, 0.15) is 11.5 Å². The van der Waals surface area contributed by atoms with Crippen LogP contribution in [0.4, 0.5) is 5.82 Å². The van der Waals surface area contributed by atoms with E-state index in [-0.39, 0.29) is 5.91 Å².